The van der Waals surface area contributed by atoms with Gasteiger partial charge < -0.3 is 15.0 Å². The monoisotopic (exact) mass is 397 g/mol. The molecule has 150 valence electrons. The number of benzene rings is 2. The van der Waals surface area contributed by atoms with Crippen LogP contribution in [0, 0.1) is 16.0 Å². The van der Waals surface area contributed by atoms with Gasteiger partial charge in [0.15, 0.2) is 6.61 Å². The van der Waals surface area contributed by atoms with Gasteiger partial charge >= 0.3 is 5.97 Å². The van der Waals surface area contributed by atoms with Crippen molar-refractivity contribution in [2.24, 2.45) is 5.92 Å². The van der Waals surface area contributed by atoms with Gasteiger partial charge in [0.1, 0.15) is 0 Å². The highest BCUT2D eigenvalue weighted by Gasteiger charge is 2.35. The molecule has 1 N–H and O–H groups in total. The lowest BCUT2D eigenvalue weighted by Crippen LogP contribution is -2.28. The second-order valence-corrected chi connectivity index (χ2v) is 6.62. The molecule has 29 heavy (non-hydrogen) atoms. The highest BCUT2D eigenvalue weighted by molar-refractivity contribution is 5.94. The van der Waals surface area contributed by atoms with Crippen LogP contribution in [0.3, 0.4) is 0 Å². The fraction of sp³-hybridized carbons (Fsp3) is 0.250. The minimum Gasteiger partial charge on any atom is -0.455 e. The molecule has 9 heteroatoms. The van der Waals surface area contributed by atoms with E-state index in [9.17, 15) is 24.5 Å². The first-order chi connectivity index (χ1) is 13.9. The number of rotatable bonds is 7. The van der Waals surface area contributed by atoms with Crippen molar-refractivity contribution in [3.05, 3.63) is 70.3 Å². The van der Waals surface area contributed by atoms with E-state index >= 15 is 0 Å². The fourth-order valence-electron chi connectivity index (χ4n) is 3.04. The van der Waals surface area contributed by atoms with Gasteiger partial charge in [-0.3, -0.25) is 24.5 Å². The number of non-ortho nitro benzene ring substituents is 1. The Hall–Kier alpha value is -3.75. The minimum atomic E-state index is -0.628. The first kappa shape index (κ1) is 20.0. The molecule has 1 aliphatic heterocycles. The standard InChI is InChI=1S/C20H19N3O6/c24-18(21-16-7-4-8-17(10-16)23(27)28)13-29-20(26)15-9-19(25)22(12-15)11-14-5-2-1-3-6-14/h1-8,10,15H,9,11-13H2,(H,21,24)/t15-/m0/s1. The van der Waals surface area contributed by atoms with Crippen LogP contribution in [0.1, 0.15) is 12.0 Å². The maximum Gasteiger partial charge on any atom is 0.311 e. The van der Waals surface area contributed by atoms with Crippen LogP contribution in [0.4, 0.5) is 11.4 Å². The average molecular weight is 397 g/mol. The second-order valence-electron chi connectivity index (χ2n) is 6.62. The Morgan fingerprint density at radius 2 is 1.93 bits per heavy atom. The lowest BCUT2D eigenvalue weighted by molar-refractivity contribution is -0.384. The third-order valence-corrected chi connectivity index (χ3v) is 4.45. The summed E-state index contributed by atoms with van der Waals surface area (Å²) in [6.45, 7) is 0.112. The smallest absolute Gasteiger partial charge is 0.311 e. The zero-order valence-electron chi connectivity index (χ0n) is 15.4. The SMILES string of the molecule is O=C(COC(=O)[C@H]1CC(=O)N(Cc2ccccc2)C1)Nc1cccc([N+](=O)[O-])c1. The number of carbonyl (C=O) groups is 3. The van der Waals surface area contributed by atoms with Crippen LogP contribution in [0.15, 0.2) is 54.6 Å². The van der Waals surface area contributed by atoms with Gasteiger partial charge in [-0.15, -0.1) is 0 Å². The van der Waals surface area contributed by atoms with Crippen molar-refractivity contribution in [2.75, 3.05) is 18.5 Å². The Labute approximate surface area is 166 Å². The molecule has 0 radical (unpaired) electrons. The molecule has 2 aromatic rings. The molecule has 2 amide bonds. The van der Waals surface area contributed by atoms with Gasteiger partial charge in [-0.25, -0.2) is 0 Å². The summed E-state index contributed by atoms with van der Waals surface area (Å²) in [4.78, 5) is 48.1. The second kappa shape index (κ2) is 8.96. The summed E-state index contributed by atoms with van der Waals surface area (Å²) < 4.78 is 5.02. The Balaban J connectivity index is 1.48. The van der Waals surface area contributed by atoms with Gasteiger partial charge in [0.25, 0.3) is 11.6 Å². The lowest BCUT2D eigenvalue weighted by Gasteiger charge is -2.16. The van der Waals surface area contributed by atoms with E-state index in [1.807, 2.05) is 30.3 Å². The Bertz CT molecular complexity index is 931. The molecule has 1 aliphatic rings. The number of likely N-dealkylation sites (tertiary alicyclic amines) is 1. The van der Waals surface area contributed by atoms with Crippen molar-refractivity contribution in [3.8, 4) is 0 Å². The van der Waals surface area contributed by atoms with Gasteiger partial charge in [-0.2, -0.15) is 0 Å². The van der Waals surface area contributed by atoms with E-state index in [1.54, 1.807) is 4.90 Å². The molecule has 0 aliphatic carbocycles. The number of amides is 2. The zero-order chi connectivity index (χ0) is 20.8. The van der Waals surface area contributed by atoms with E-state index in [0.29, 0.717) is 6.54 Å². The molecule has 1 fully saturated rings. The average Bonchev–Trinajstić information content (AvgIpc) is 3.07. The number of ether oxygens (including phenoxy) is 1. The van der Waals surface area contributed by atoms with Crippen molar-refractivity contribution in [2.45, 2.75) is 13.0 Å². The van der Waals surface area contributed by atoms with Crippen LogP contribution in [0.5, 0.6) is 0 Å². The molecule has 0 saturated carbocycles. The van der Waals surface area contributed by atoms with Crippen molar-refractivity contribution >= 4 is 29.2 Å². The largest absolute Gasteiger partial charge is 0.455 e. The van der Waals surface area contributed by atoms with Gasteiger partial charge in [0.05, 0.1) is 10.8 Å². The molecule has 3 rings (SSSR count). The van der Waals surface area contributed by atoms with Crippen LogP contribution < -0.4 is 5.32 Å². The molecule has 0 aromatic heterocycles. The van der Waals surface area contributed by atoms with E-state index < -0.39 is 29.3 Å². The maximum absolute atomic E-state index is 12.2. The summed E-state index contributed by atoms with van der Waals surface area (Å²) in [5, 5.41) is 13.2. The predicted molar refractivity (Wildman–Crippen MR) is 103 cm³/mol. The van der Waals surface area contributed by atoms with Crippen LogP contribution in [0.2, 0.25) is 0 Å². The molecular weight excluding hydrogens is 378 g/mol. The molecular formula is C20H19N3O6. The summed E-state index contributed by atoms with van der Waals surface area (Å²) in [5.74, 6) is -2.01. The van der Waals surface area contributed by atoms with Crippen LogP contribution in [-0.4, -0.2) is 40.8 Å². The third-order valence-electron chi connectivity index (χ3n) is 4.45. The van der Waals surface area contributed by atoms with E-state index in [4.69, 9.17) is 4.74 Å². The maximum atomic E-state index is 12.2. The third kappa shape index (κ3) is 5.38. The molecule has 0 spiro atoms. The lowest BCUT2D eigenvalue weighted by atomic mass is 10.1. The molecule has 0 bridgehead atoms. The van der Waals surface area contributed by atoms with E-state index in [2.05, 4.69) is 5.32 Å². The number of nitro benzene ring substituents is 1. The first-order valence-electron chi connectivity index (χ1n) is 8.95. The number of carbonyl (C=O) groups excluding carboxylic acids is 3. The molecule has 1 heterocycles. The number of hydrogen-bond acceptors (Lipinski definition) is 6. The van der Waals surface area contributed by atoms with Crippen LogP contribution in [0.25, 0.3) is 0 Å². The molecule has 9 nitrogen and oxygen atoms in total. The summed E-state index contributed by atoms with van der Waals surface area (Å²) >= 11 is 0. The van der Waals surface area contributed by atoms with Crippen LogP contribution in [-0.2, 0) is 25.7 Å². The summed E-state index contributed by atoms with van der Waals surface area (Å²) in [6, 6.07) is 14.9. The molecule has 1 saturated heterocycles. The van der Waals surface area contributed by atoms with Crippen molar-refractivity contribution in [3.63, 3.8) is 0 Å². The van der Waals surface area contributed by atoms with E-state index in [-0.39, 0.29) is 30.2 Å². The Kier molecular flexibility index (Phi) is 6.18. The number of esters is 1. The summed E-state index contributed by atoms with van der Waals surface area (Å²) in [7, 11) is 0. The minimum absolute atomic E-state index is 0.0398. The highest BCUT2D eigenvalue weighted by atomic mass is 16.6. The number of nitro groups is 1. The number of anilines is 1. The highest BCUT2D eigenvalue weighted by Crippen LogP contribution is 2.21. The zero-order valence-corrected chi connectivity index (χ0v) is 15.4. The van der Waals surface area contributed by atoms with Crippen molar-refractivity contribution < 1.29 is 24.0 Å². The normalized spacial score (nSPS) is 15.8. The van der Waals surface area contributed by atoms with Crippen molar-refractivity contribution in [1.29, 1.82) is 0 Å². The predicted octanol–water partition coefficient (Wildman–Crippen LogP) is 2.13. The Morgan fingerprint density at radius 3 is 2.66 bits per heavy atom. The molecule has 2 aromatic carbocycles. The first-order valence-corrected chi connectivity index (χ1v) is 8.95. The fourth-order valence-corrected chi connectivity index (χ4v) is 3.04. The quantitative estimate of drug-likeness (QED) is 0.434. The molecule has 0 unspecified atom stereocenters. The van der Waals surface area contributed by atoms with Gasteiger partial charge in [0.2, 0.25) is 5.91 Å². The molecule has 1 atom stereocenters. The van der Waals surface area contributed by atoms with E-state index in [0.717, 1.165) is 5.56 Å². The van der Waals surface area contributed by atoms with Crippen molar-refractivity contribution in [1.82, 2.24) is 4.90 Å². The number of nitrogens with zero attached hydrogens (tertiary/aromatic N) is 2. The summed E-state index contributed by atoms with van der Waals surface area (Å²) in [6.07, 6.45) is 0.0398. The summed E-state index contributed by atoms with van der Waals surface area (Å²) in [5.41, 5.74) is 1.03. The number of hydrogen-bond donors (Lipinski definition) is 1. The van der Waals surface area contributed by atoms with Crippen LogP contribution >= 0.6 is 0 Å². The number of nitrogens with one attached hydrogen (secondary N) is 1. The van der Waals surface area contributed by atoms with E-state index in [1.165, 1.54) is 24.3 Å². The topological polar surface area (TPSA) is 119 Å². The Morgan fingerprint density at radius 1 is 1.17 bits per heavy atom. The van der Waals surface area contributed by atoms with Gasteiger partial charge in [-0.1, -0.05) is 36.4 Å². The van der Waals surface area contributed by atoms with Gasteiger partial charge in [-0.05, 0) is 11.6 Å². The van der Waals surface area contributed by atoms with Gasteiger partial charge in [0, 0.05) is 37.3 Å².